The average molecular weight is 499 g/mol. The molecule has 176 valence electrons. The summed E-state index contributed by atoms with van der Waals surface area (Å²) in [7, 11) is 3.92. The van der Waals surface area contributed by atoms with Crippen LogP contribution in [-0.2, 0) is 4.74 Å². The van der Waals surface area contributed by atoms with Gasteiger partial charge in [-0.15, -0.1) is 0 Å². The van der Waals surface area contributed by atoms with E-state index in [1.54, 1.807) is 20.8 Å². The number of aromatic nitrogens is 1. The molecule has 2 aromatic heterocycles. The number of ketones is 1. The third-order valence-electron chi connectivity index (χ3n) is 4.53. The third kappa shape index (κ3) is 4.69. The van der Waals surface area contributed by atoms with E-state index < -0.39 is 28.9 Å². The lowest BCUT2D eigenvalue weighted by molar-refractivity contribution is 0.0589. The van der Waals surface area contributed by atoms with E-state index in [2.05, 4.69) is 4.98 Å². The molecule has 0 fully saturated rings. The van der Waals surface area contributed by atoms with Crippen LogP contribution in [-0.4, -0.2) is 43.7 Å². The van der Waals surface area contributed by atoms with Gasteiger partial charge in [0, 0.05) is 18.5 Å². The number of rotatable bonds is 5. The van der Waals surface area contributed by atoms with Gasteiger partial charge in [-0.2, -0.15) is 0 Å². The van der Waals surface area contributed by atoms with Crippen molar-refractivity contribution in [2.75, 3.05) is 26.2 Å². The van der Waals surface area contributed by atoms with Crippen molar-refractivity contribution in [1.82, 2.24) is 4.98 Å². The van der Waals surface area contributed by atoms with Crippen molar-refractivity contribution >= 4 is 51.7 Å². The van der Waals surface area contributed by atoms with Gasteiger partial charge in [0.2, 0.25) is 5.78 Å². The minimum Gasteiger partial charge on any atom is -0.495 e. The Kier molecular flexibility index (Phi) is 6.76. The molecule has 0 radical (unpaired) electrons. The van der Waals surface area contributed by atoms with E-state index in [0.29, 0.717) is 0 Å². The van der Waals surface area contributed by atoms with Gasteiger partial charge in [-0.25, -0.2) is 14.2 Å². The molecule has 0 aliphatic rings. The number of hydrogen-bond donors (Lipinski definition) is 0. The van der Waals surface area contributed by atoms with Crippen molar-refractivity contribution in [2.45, 2.75) is 26.4 Å². The molecule has 0 aliphatic heterocycles. The summed E-state index contributed by atoms with van der Waals surface area (Å²) in [5.41, 5.74) is -1.22. The number of carbonyl (C=O) groups is 2. The lowest BCUT2D eigenvalue weighted by atomic mass is 10.0. The Morgan fingerprint density at radius 1 is 1.12 bits per heavy atom. The molecule has 33 heavy (non-hydrogen) atoms. The van der Waals surface area contributed by atoms with Crippen LogP contribution in [0.15, 0.2) is 22.7 Å². The Balaban J connectivity index is 2.27. The lowest BCUT2D eigenvalue weighted by Crippen LogP contribution is -2.34. The van der Waals surface area contributed by atoms with Crippen molar-refractivity contribution in [3.05, 3.63) is 45.6 Å². The fraction of sp³-hybridized carbons (Fsp3) is 0.318. The normalized spacial score (nSPS) is 11.4. The zero-order valence-electron chi connectivity index (χ0n) is 18.7. The first-order chi connectivity index (χ1) is 15.4. The Hall–Kier alpha value is -3.04. The number of furan rings is 1. The first-order valence-corrected chi connectivity index (χ1v) is 10.3. The van der Waals surface area contributed by atoms with Crippen molar-refractivity contribution in [2.24, 2.45) is 0 Å². The first-order valence-electron chi connectivity index (χ1n) is 9.59. The summed E-state index contributed by atoms with van der Waals surface area (Å²) >= 11 is 12.3. The van der Waals surface area contributed by atoms with Crippen LogP contribution >= 0.6 is 23.2 Å². The molecule has 0 bridgehead atoms. The van der Waals surface area contributed by atoms with Crippen molar-refractivity contribution in [3.8, 4) is 11.5 Å². The van der Waals surface area contributed by atoms with E-state index in [1.165, 1.54) is 39.6 Å². The van der Waals surface area contributed by atoms with Gasteiger partial charge in [0.25, 0.3) is 0 Å². The molecule has 0 atom stereocenters. The minimum absolute atomic E-state index is 0.00537. The van der Waals surface area contributed by atoms with Crippen molar-refractivity contribution in [3.63, 3.8) is 0 Å². The Labute approximate surface area is 199 Å². The van der Waals surface area contributed by atoms with Crippen LogP contribution in [0.1, 0.15) is 36.9 Å². The second-order valence-corrected chi connectivity index (χ2v) is 8.70. The number of nitrogens with zero attached hydrogens (tertiary/aromatic N) is 2. The van der Waals surface area contributed by atoms with Crippen LogP contribution < -0.4 is 14.4 Å². The zero-order chi connectivity index (χ0) is 24.7. The van der Waals surface area contributed by atoms with Crippen LogP contribution in [0, 0.1) is 5.82 Å². The smallest absolute Gasteiger partial charge is 0.414 e. The highest BCUT2D eigenvalue weighted by atomic mass is 35.5. The third-order valence-corrected chi connectivity index (χ3v) is 5.11. The number of benzene rings is 1. The summed E-state index contributed by atoms with van der Waals surface area (Å²) in [6.45, 7) is 5.07. The number of halogens is 3. The summed E-state index contributed by atoms with van der Waals surface area (Å²) in [6.07, 6.45) is 0.507. The number of carbonyl (C=O) groups excluding carboxylic acids is 2. The summed E-state index contributed by atoms with van der Waals surface area (Å²) < 4.78 is 36.4. The highest BCUT2D eigenvalue weighted by molar-refractivity contribution is 6.37. The molecule has 11 heteroatoms. The average Bonchev–Trinajstić information content (AvgIpc) is 3.10. The van der Waals surface area contributed by atoms with Gasteiger partial charge in [0.05, 0.1) is 31.0 Å². The van der Waals surface area contributed by atoms with E-state index >= 15 is 4.39 Å². The number of ether oxygens (including phenoxy) is 3. The van der Waals surface area contributed by atoms with Crippen LogP contribution in [0.25, 0.3) is 11.0 Å². The maximum Gasteiger partial charge on any atom is 0.414 e. The molecule has 0 N–H and O–H groups in total. The molecular weight excluding hydrogens is 478 g/mol. The molecule has 3 rings (SSSR count). The first kappa shape index (κ1) is 24.6. The second kappa shape index (κ2) is 9.07. The number of methoxy groups -OCH3 is 2. The summed E-state index contributed by atoms with van der Waals surface area (Å²) in [6, 6.07) is 2.63. The largest absolute Gasteiger partial charge is 0.495 e. The summed E-state index contributed by atoms with van der Waals surface area (Å²) in [5, 5.41) is 0.0924. The van der Waals surface area contributed by atoms with E-state index in [4.69, 9.17) is 41.8 Å². The maximum absolute atomic E-state index is 15.2. The van der Waals surface area contributed by atoms with E-state index in [1.807, 2.05) is 0 Å². The molecule has 0 spiro atoms. The van der Waals surface area contributed by atoms with Gasteiger partial charge >= 0.3 is 6.09 Å². The van der Waals surface area contributed by atoms with Gasteiger partial charge in [0.15, 0.2) is 22.9 Å². The van der Waals surface area contributed by atoms with Crippen molar-refractivity contribution in [1.29, 1.82) is 0 Å². The zero-order valence-corrected chi connectivity index (χ0v) is 20.2. The molecule has 8 nitrogen and oxygen atoms in total. The van der Waals surface area contributed by atoms with Crippen LogP contribution in [0.2, 0.25) is 10.2 Å². The quantitative estimate of drug-likeness (QED) is 0.319. The summed E-state index contributed by atoms with van der Waals surface area (Å²) in [5.74, 6) is -2.59. The van der Waals surface area contributed by atoms with Gasteiger partial charge in [-0.3, -0.25) is 9.69 Å². The SMILES string of the molecule is COc1cc(OC)c(Cl)c(C(=O)c2oc3cnc(Cl)cc3c2N(C)C(=O)OC(C)(C)C)c1F. The number of fused-ring (bicyclic) bond motifs is 1. The van der Waals surface area contributed by atoms with Gasteiger partial charge in [-0.1, -0.05) is 23.2 Å². The molecule has 0 aliphatic carbocycles. The van der Waals surface area contributed by atoms with Crippen LogP contribution in [0.3, 0.4) is 0 Å². The van der Waals surface area contributed by atoms with Gasteiger partial charge in [-0.05, 0) is 26.8 Å². The van der Waals surface area contributed by atoms with E-state index in [9.17, 15) is 9.59 Å². The Morgan fingerprint density at radius 2 is 1.76 bits per heavy atom. The molecule has 0 saturated carbocycles. The topological polar surface area (TPSA) is 91.1 Å². The van der Waals surface area contributed by atoms with Crippen LogP contribution in [0.5, 0.6) is 11.5 Å². The molecule has 0 saturated heterocycles. The Bertz CT molecular complexity index is 1220. The van der Waals surface area contributed by atoms with E-state index in [-0.39, 0.29) is 44.1 Å². The number of hydrogen-bond acceptors (Lipinski definition) is 7. The highest BCUT2D eigenvalue weighted by Gasteiger charge is 2.34. The minimum atomic E-state index is -1.02. The summed E-state index contributed by atoms with van der Waals surface area (Å²) in [4.78, 5) is 31.4. The van der Waals surface area contributed by atoms with Gasteiger partial charge < -0.3 is 18.6 Å². The molecule has 3 aromatic rings. The molecule has 0 unspecified atom stereocenters. The predicted octanol–water partition coefficient (Wildman–Crippen LogP) is 5.89. The van der Waals surface area contributed by atoms with Crippen LogP contribution in [0.4, 0.5) is 14.9 Å². The molecule has 1 aromatic carbocycles. The molecule has 1 amide bonds. The van der Waals surface area contributed by atoms with E-state index in [0.717, 1.165) is 4.90 Å². The maximum atomic E-state index is 15.2. The second-order valence-electron chi connectivity index (χ2n) is 7.94. The number of amides is 1. The highest BCUT2D eigenvalue weighted by Crippen LogP contribution is 2.41. The molecule has 2 heterocycles. The Morgan fingerprint density at radius 3 is 2.33 bits per heavy atom. The monoisotopic (exact) mass is 498 g/mol. The van der Waals surface area contributed by atoms with Crippen molar-refractivity contribution < 1.29 is 32.6 Å². The predicted molar refractivity (Wildman–Crippen MR) is 122 cm³/mol. The fourth-order valence-corrected chi connectivity index (χ4v) is 3.53. The number of pyridine rings is 1. The standard InChI is InChI=1S/C22H21Cl2FN2O6/c1-22(2,3)33-21(29)27(4)18-10-7-14(23)26-9-13(10)32-20(18)19(28)15-16(24)11(30-5)8-12(31-6)17(15)25/h7-9H,1-6H3. The molecular formula is C22H21Cl2FN2O6. The number of anilines is 1. The fourth-order valence-electron chi connectivity index (χ4n) is 3.07. The van der Waals surface area contributed by atoms with Gasteiger partial charge in [0.1, 0.15) is 22.2 Å². The lowest BCUT2D eigenvalue weighted by Gasteiger charge is -2.24.